The third-order valence-corrected chi connectivity index (χ3v) is 4.50. The molecule has 0 unspecified atom stereocenters. The molecule has 3 nitrogen and oxygen atoms in total. The van der Waals surface area contributed by atoms with Crippen LogP contribution in [-0.2, 0) is 0 Å². The minimum atomic E-state index is 0.415. The monoisotopic (exact) mass is 342 g/mol. The highest BCUT2D eigenvalue weighted by Crippen LogP contribution is 2.40. The summed E-state index contributed by atoms with van der Waals surface area (Å²) in [5.74, 6) is 1.12. The van der Waals surface area contributed by atoms with E-state index in [1.165, 1.54) is 0 Å². The molecule has 0 spiro atoms. The average Bonchev–Trinajstić information content (AvgIpc) is 2.84. The van der Waals surface area contributed by atoms with Gasteiger partial charge in [0.1, 0.15) is 0 Å². The van der Waals surface area contributed by atoms with Crippen LogP contribution in [0, 0.1) is 13.8 Å². The number of rotatable bonds is 2. The molecule has 0 bridgehead atoms. The first-order chi connectivity index (χ1) is 10.1. The Labute approximate surface area is 131 Å². The molecule has 3 rings (SSSR count). The van der Waals surface area contributed by atoms with Crippen molar-refractivity contribution in [3.05, 3.63) is 58.1 Å². The van der Waals surface area contributed by atoms with Gasteiger partial charge < -0.3 is 10.3 Å². The normalized spacial score (nSPS) is 10.8. The standard InChI is InChI=1S/C17H15BrN2O/c1-10-6-3-4-7-12(10)15-16(21-20-17(15)19)13-8-5-9-14(18)11(13)2/h3-9H,1-2H3,(H2,19,20). The van der Waals surface area contributed by atoms with Gasteiger partial charge in [0.15, 0.2) is 11.6 Å². The Kier molecular flexibility index (Phi) is 3.55. The van der Waals surface area contributed by atoms with Crippen LogP contribution in [0.2, 0.25) is 0 Å². The summed E-state index contributed by atoms with van der Waals surface area (Å²) in [6.07, 6.45) is 0. The predicted octanol–water partition coefficient (Wildman–Crippen LogP) is 4.97. The molecule has 3 aromatic rings. The van der Waals surface area contributed by atoms with Crippen LogP contribution in [0.1, 0.15) is 11.1 Å². The van der Waals surface area contributed by atoms with E-state index in [0.717, 1.165) is 32.3 Å². The lowest BCUT2D eigenvalue weighted by atomic mass is 9.96. The maximum Gasteiger partial charge on any atom is 0.177 e. The van der Waals surface area contributed by atoms with Crippen LogP contribution in [-0.4, -0.2) is 5.16 Å². The van der Waals surface area contributed by atoms with Crippen LogP contribution in [0.3, 0.4) is 0 Å². The van der Waals surface area contributed by atoms with E-state index in [1.54, 1.807) is 0 Å². The first kappa shape index (κ1) is 13.9. The third-order valence-electron chi connectivity index (χ3n) is 3.65. The Morgan fingerprint density at radius 2 is 1.71 bits per heavy atom. The quantitative estimate of drug-likeness (QED) is 0.715. The molecule has 106 valence electrons. The van der Waals surface area contributed by atoms with Crippen molar-refractivity contribution in [2.45, 2.75) is 13.8 Å². The van der Waals surface area contributed by atoms with E-state index < -0.39 is 0 Å². The molecule has 0 saturated carbocycles. The maximum absolute atomic E-state index is 6.05. The number of benzene rings is 2. The summed E-state index contributed by atoms with van der Waals surface area (Å²) in [6.45, 7) is 4.10. The van der Waals surface area contributed by atoms with Crippen molar-refractivity contribution in [3.8, 4) is 22.5 Å². The van der Waals surface area contributed by atoms with E-state index >= 15 is 0 Å². The van der Waals surface area contributed by atoms with E-state index in [9.17, 15) is 0 Å². The molecule has 2 N–H and O–H groups in total. The number of aromatic nitrogens is 1. The summed E-state index contributed by atoms with van der Waals surface area (Å²) in [5, 5.41) is 3.97. The van der Waals surface area contributed by atoms with E-state index in [1.807, 2.05) is 43.3 Å². The lowest BCUT2D eigenvalue weighted by Gasteiger charge is -2.09. The van der Waals surface area contributed by atoms with Gasteiger partial charge in [0.05, 0.1) is 5.56 Å². The Hall–Kier alpha value is -2.07. The van der Waals surface area contributed by atoms with E-state index in [0.29, 0.717) is 11.6 Å². The van der Waals surface area contributed by atoms with Crippen LogP contribution in [0.5, 0.6) is 0 Å². The molecular formula is C17H15BrN2O. The van der Waals surface area contributed by atoms with Crippen molar-refractivity contribution in [1.29, 1.82) is 0 Å². The second kappa shape index (κ2) is 5.37. The first-order valence-corrected chi connectivity index (χ1v) is 7.45. The minimum Gasteiger partial charge on any atom is -0.380 e. The third kappa shape index (κ3) is 2.36. The molecule has 0 aliphatic heterocycles. The number of hydrogen-bond acceptors (Lipinski definition) is 3. The summed E-state index contributed by atoms with van der Waals surface area (Å²) < 4.78 is 6.56. The van der Waals surface area contributed by atoms with Gasteiger partial charge >= 0.3 is 0 Å². The van der Waals surface area contributed by atoms with Crippen LogP contribution in [0.4, 0.5) is 5.82 Å². The zero-order valence-electron chi connectivity index (χ0n) is 11.9. The molecular weight excluding hydrogens is 328 g/mol. The van der Waals surface area contributed by atoms with Gasteiger partial charge in [-0.25, -0.2) is 0 Å². The number of nitrogen functional groups attached to an aromatic ring is 1. The fraction of sp³-hybridized carbons (Fsp3) is 0.118. The smallest absolute Gasteiger partial charge is 0.177 e. The largest absolute Gasteiger partial charge is 0.380 e. The Morgan fingerprint density at radius 3 is 2.48 bits per heavy atom. The molecule has 1 aromatic heterocycles. The van der Waals surface area contributed by atoms with Gasteiger partial charge in [0.25, 0.3) is 0 Å². The van der Waals surface area contributed by atoms with Crippen LogP contribution >= 0.6 is 15.9 Å². The highest BCUT2D eigenvalue weighted by molar-refractivity contribution is 9.10. The average molecular weight is 343 g/mol. The number of halogens is 1. The number of nitrogens with zero attached hydrogens (tertiary/aromatic N) is 1. The van der Waals surface area contributed by atoms with Crippen molar-refractivity contribution >= 4 is 21.7 Å². The van der Waals surface area contributed by atoms with Gasteiger partial charge in [-0.3, -0.25) is 0 Å². The molecule has 4 heteroatoms. The number of anilines is 1. The molecule has 21 heavy (non-hydrogen) atoms. The summed E-state index contributed by atoms with van der Waals surface area (Å²) in [7, 11) is 0. The number of hydrogen-bond donors (Lipinski definition) is 1. The van der Waals surface area contributed by atoms with Crippen molar-refractivity contribution in [2.75, 3.05) is 5.73 Å². The Balaban J connectivity index is 2.28. The second-order valence-electron chi connectivity index (χ2n) is 5.00. The van der Waals surface area contributed by atoms with Gasteiger partial charge in [-0.15, -0.1) is 0 Å². The highest BCUT2D eigenvalue weighted by Gasteiger charge is 2.20. The van der Waals surface area contributed by atoms with E-state index in [4.69, 9.17) is 10.3 Å². The number of aryl methyl sites for hydroxylation is 1. The SMILES string of the molecule is Cc1ccccc1-c1c(N)noc1-c1cccc(Br)c1C. The molecule has 2 aromatic carbocycles. The van der Waals surface area contributed by atoms with Gasteiger partial charge in [0, 0.05) is 10.0 Å². The summed E-state index contributed by atoms with van der Waals surface area (Å²) in [4.78, 5) is 0. The summed E-state index contributed by atoms with van der Waals surface area (Å²) >= 11 is 3.55. The zero-order chi connectivity index (χ0) is 15.0. The molecule has 0 fully saturated rings. The van der Waals surface area contributed by atoms with Gasteiger partial charge in [-0.2, -0.15) is 0 Å². The van der Waals surface area contributed by atoms with Crippen LogP contribution < -0.4 is 5.73 Å². The van der Waals surface area contributed by atoms with Crippen molar-refractivity contribution in [3.63, 3.8) is 0 Å². The highest BCUT2D eigenvalue weighted by atomic mass is 79.9. The molecule has 0 saturated heterocycles. The Bertz CT molecular complexity index is 808. The predicted molar refractivity (Wildman–Crippen MR) is 89.0 cm³/mol. The van der Waals surface area contributed by atoms with Gasteiger partial charge in [0.2, 0.25) is 0 Å². The summed E-state index contributed by atoms with van der Waals surface area (Å²) in [6, 6.07) is 14.1. The summed E-state index contributed by atoms with van der Waals surface area (Å²) in [5.41, 5.74) is 11.2. The lowest BCUT2D eigenvalue weighted by molar-refractivity contribution is 0.436. The Morgan fingerprint density at radius 1 is 1.00 bits per heavy atom. The fourth-order valence-corrected chi connectivity index (χ4v) is 2.82. The minimum absolute atomic E-state index is 0.415. The topological polar surface area (TPSA) is 52.0 Å². The van der Waals surface area contributed by atoms with Crippen molar-refractivity contribution < 1.29 is 4.52 Å². The first-order valence-electron chi connectivity index (χ1n) is 6.66. The van der Waals surface area contributed by atoms with Crippen LogP contribution in [0.15, 0.2) is 51.5 Å². The van der Waals surface area contributed by atoms with Gasteiger partial charge in [-0.05, 0) is 36.6 Å². The van der Waals surface area contributed by atoms with E-state index in [-0.39, 0.29) is 0 Å². The maximum atomic E-state index is 6.05. The van der Waals surface area contributed by atoms with Crippen LogP contribution in [0.25, 0.3) is 22.5 Å². The molecule has 0 atom stereocenters. The molecule has 1 heterocycles. The van der Waals surface area contributed by atoms with Gasteiger partial charge in [-0.1, -0.05) is 57.5 Å². The van der Waals surface area contributed by atoms with Crippen molar-refractivity contribution in [1.82, 2.24) is 5.16 Å². The molecule has 0 aliphatic rings. The zero-order valence-corrected chi connectivity index (χ0v) is 13.4. The van der Waals surface area contributed by atoms with Crippen molar-refractivity contribution in [2.24, 2.45) is 0 Å². The number of nitrogens with two attached hydrogens (primary N) is 1. The lowest BCUT2D eigenvalue weighted by Crippen LogP contribution is -1.92. The second-order valence-corrected chi connectivity index (χ2v) is 5.85. The molecule has 0 aliphatic carbocycles. The molecule has 0 radical (unpaired) electrons. The fourth-order valence-electron chi connectivity index (χ4n) is 2.45. The molecule has 0 amide bonds. The van der Waals surface area contributed by atoms with E-state index in [2.05, 4.69) is 34.1 Å².